The number of anilines is 1. The number of hydrogen-bond acceptors (Lipinski definition) is 2. The van der Waals surface area contributed by atoms with Crippen molar-refractivity contribution in [3.8, 4) is 0 Å². The first-order valence-corrected chi connectivity index (χ1v) is 6.64. The first kappa shape index (κ1) is 14.1. The molecule has 2 rings (SSSR count). The molecule has 0 aromatic heterocycles. The summed E-state index contributed by atoms with van der Waals surface area (Å²) in [4.78, 5) is 14.3. The molecule has 0 aliphatic rings. The highest BCUT2D eigenvalue weighted by molar-refractivity contribution is 6.10. The molecule has 0 bridgehead atoms. The van der Waals surface area contributed by atoms with Gasteiger partial charge in [-0.2, -0.15) is 0 Å². The maximum Gasteiger partial charge on any atom is 0.187 e. The second-order valence-corrected chi connectivity index (χ2v) is 4.97. The number of allylic oxidation sites excluding steroid dienone is 1. The number of carbonyl (C=O) groups excluding carboxylic acids is 1. The molecular formula is C18H19NO. The van der Waals surface area contributed by atoms with Gasteiger partial charge in [-0.3, -0.25) is 4.79 Å². The number of para-hydroxylation sites is 1. The van der Waals surface area contributed by atoms with E-state index >= 15 is 0 Å². The lowest BCUT2D eigenvalue weighted by Crippen LogP contribution is -2.13. The largest absolute Gasteiger partial charge is 0.377 e. The summed E-state index contributed by atoms with van der Waals surface area (Å²) in [5.74, 6) is 0.0255. The van der Waals surface area contributed by atoms with Crippen molar-refractivity contribution in [1.29, 1.82) is 0 Å². The van der Waals surface area contributed by atoms with Crippen molar-refractivity contribution >= 4 is 17.5 Å². The molecule has 102 valence electrons. The molecule has 0 unspecified atom stereocenters. The molecule has 0 saturated carbocycles. The molecule has 0 N–H and O–H groups in total. The average molecular weight is 265 g/mol. The Balaban J connectivity index is 2.27. The van der Waals surface area contributed by atoms with Crippen LogP contribution in [0, 0.1) is 6.92 Å². The van der Waals surface area contributed by atoms with Crippen LogP contribution < -0.4 is 4.90 Å². The van der Waals surface area contributed by atoms with E-state index in [-0.39, 0.29) is 5.78 Å². The molecule has 0 aliphatic heterocycles. The van der Waals surface area contributed by atoms with Gasteiger partial charge in [-0.05, 0) is 36.3 Å². The van der Waals surface area contributed by atoms with Gasteiger partial charge in [0.05, 0.1) is 0 Å². The van der Waals surface area contributed by atoms with Crippen LogP contribution in [0.2, 0.25) is 0 Å². The fraction of sp³-hybridized carbons (Fsp3) is 0.167. The van der Waals surface area contributed by atoms with Crippen molar-refractivity contribution in [3.05, 3.63) is 71.3 Å². The van der Waals surface area contributed by atoms with Gasteiger partial charge in [0.2, 0.25) is 0 Å². The molecule has 0 spiro atoms. The predicted molar refractivity (Wildman–Crippen MR) is 85.3 cm³/mol. The summed E-state index contributed by atoms with van der Waals surface area (Å²) in [5.41, 5.74) is 3.90. The molecule has 2 aromatic carbocycles. The molecule has 2 heteroatoms. The molecule has 0 aliphatic carbocycles. The van der Waals surface area contributed by atoms with Crippen LogP contribution in [0.5, 0.6) is 0 Å². The van der Waals surface area contributed by atoms with Gasteiger partial charge in [0.1, 0.15) is 0 Å². The summed E-state index contributed by atoms with van der Waals surface area (Å²) in [6.45, 7) is 2.04. The molecular weight excluding hydrogens is 246 g/mol. The van der Waals surface area contributed by atoms with Gasteiger partial charge in [-0.15, -0.1) is 0 Å². The topological polar surface area (TPSA) is 20.3 Å². The first-order valence-electron chi connectivity index (χ1n) is 6.64. The van der Waals surface area contributed by atoms with Gasteiger partial charge < -0.3 is 4.90 Å². The van der Waals surface area contributed by atoms with E-state index in [0.29, 0.717) is 0 Å². The third-order valence-corrected chi connectivity index (χ3v) is 3.25. The standard InChI is InChI=1S/C18H19NO/c1-14-8-4-5-9-15(14)12-13-18(20)16-10-6-7-11-17(16)19(2)3/h4-13H,1-3H3/b13-12-. The Labute approximate surface area is 120 Å². The van der Waals surface area contributed by atoms with Crippen molar-refractivity contribution in [1.82, 2.24) is 0 Å². The minimum atomic E-state index is 0.0255. The van der Waals surface area contributed by atoms with Crippen LogP contribution in [0.15, 0.2) is 54.6 Å². The third kappa shape index (κ3) is 3.15. The number of carbonyl (C=O) groups is 1. The zero-order valence-corrected chi connectivity index (χ0v) is 12.1. The van der Waals surface area contributed by atoms with E-state index in [1.807, 2.05) is 80.5 Å². The number of ketones is 1. The van der Waals surface area contributed by atoms with Gasteiger partial charge in [0.15, 0.2) is 5.78 Å². The highest BCUT2D eigenvalue weighted by Crippen LogP contribution is 2.19. The van der Waals surface area contributed by atoms with Crippen LogP contribution in [-0.4, -0.2) is 19.9 Å². The minimum absolute atomic E-state index is 0.0255. The fourth-order valence-corrected chi connectivity index (χ4v) is 2.10. The average Bonchev–Trinajstić information content (AvgIpc) is 2.46. The molecule has 0 radical (unpaired) electrons. The fourth-order valence-electron chi connectivity index (χ4n) is 2.10. The highest BCUT2D eigenvalue weighted by Gasteiger charge is 2.09. The molecule has 20 heavy (non-hydrogen) atoms. The molecule has 0 fully saturated rings. The molecule has 2 aromatic rings. The predicted octanol–water partition coefficient (Wildman–Crippen LogP) is 3.96. The Bertz CT molecular complexity index is 641. The number of rotatable bonds is 4. The Hall–Kier alpha value is -2.35. The molecule has 0 heterocycles. The van der Waals surface area contributed by atoms with Gasteiger partial charge in [-0.1, -0.05) is 42.5 Å². The minimum Gasteiger partial charge on any atom is -0.377 e. The molecule has 2 nitrogen and oxygen atoms in total. The lowest BCUT2D eigenvalue weighted by atomic mass is 10.0. The van der Waals surface area contributed by atoms with Crippen molar-refractivity contribution in [2.45, 2.75) is 6.92 Å². The Morgan fingerprint density at radius 3 is 2.35 bits per heavy atom. The van der Waals surface area contributed by atoms with Crippen LogP contribution in [0.25, 0.3) is 6.08 Å². The van der Waals surface area contributed by atoms with Crippen LogP contribution in [0.1, 0.15) is 21.5 Å². The van der Waals surface area contributed by atoms with E-state index in [1.54, 1.807) is 6.08 Å². The normalized spacial score (nSPS) is 10.8. The monoisotopic (exact) mass is 265 g/mol. The second-order valence-electron chi connectivity index (χ2n) is 4.97. The van der Waals surface area contributed by atoms with Gasteiger partial charge in [0.25, 0.3) is 0 Å². The van der Waals surface area contributed by atoms with Gasteiger partial charge in [-0.25, -0.2) is 0 Å². The number of aryl methyl sites for hydroxylation is 1. The molecule has 0 saturated heterocycles. The number of nitrogens with zero attached hydrogens (tertiary/aromatic N) is 1. The quantitative estimate of drug-likeness (QED) is 0.616. The Morgan fingerprint density at radius 2 is 1.65 bits per heavy atom. The SMILES string of the molecule is Cc1ccccc1/C=C\C(=O)c1ccccc1N(C)C. The van der Waals surface area contributed by atoms with Crippen LogP contribution in [0.3, 0.4) is 0 Å². The van der Waals surface area contributed by atoms with E-state index in [1.165, 1.54) is 0 Å². The third-order valence-electron chi connectivity index (χ3n) is 3.25. The van der Waals surface area contributed by atoms with E-state index in [4.69, 9.17) is 0 Å². The lowest BCUT2D eigenvalue weighted by molar-refractivity contribution is 0.104. The van der Waals surface area contributed by atoms with Crippen LogP contribution in [0.4, 0.5) is 5.69 Å². The summed E-state index contributed by atoms with van der Waals surface area (Å²) in [6, 6.07) is 15.7. The number of hydrogen-bond donors (Lipinski definition) is 0. The lowest BCUT2D eigenvalue weighted by Gasteiger charge is -2.15. The summed E-state index contributed by atoms with van der Waals surface area (Å²) in [5, 5.41) is 0. The maximum atomic E-state index is 12.3. The van der Waals surface area contributed by atoms with Crippen LogP contribution in [-0.2, 0) is 0 Å². The first-order chi connectivity index (χ1) is 9.59. The van der Waals surface area contributed by atoms with E-state index in [0.717, 1.165) is 22.4 Å². The summed E-state index contributed by atoms with van der Waals surface area (Å²) < 4.78 is 0. The highest BCUT2D eigenvalue weighted by atomic mass is 16.1. The summed E-state index contributed by atoms with van der Waals surface area (Å²) >= 11 is 0. The molecule has 0 atom stereocenters. The smallest absolute Gasteiger partial charge is 0.187 e. The maximum absolute atomic E-state index is 12.3. The van der Waals surface area contributed by atoms with Crippen LogP contribution >= 0.6 is 0 Å². The van der Waals surface area contributed by atoms with Crippen molar-refractivity contribution in [3.63, 3.8) is 0 Å². The van der Waals surface area contributed by atoms with E-state index in [9.17, 15) is 4.79 Å². The zero-order chi connectivity index (χ0) is 14.5. The summed E-state index contributed by atoms with van der Waals surface area (Å²) in [7, 11) is 3.88. The number of benzene rings is 2. The van der Waals surface area contributed by atoms with E-state index < -0.39 is 0 Å². The Kier molecular flexibility index (Phi) is 4.36. The Morgan fingerprint density at radius 1 is 1.00 bits per heavy atom. The van der Waals surface area contributed by atoms with Crippen molar-refractivity contribution in [2.24, 2.45) is 0 Å². The van der Waals surface area contributed by atoms with Gasteiger partial charge >= 0.3 is 0 Å². The second kappa shape index (κ2) is 6.20. The summed E-state index contributed by atoms with van der Waals surface area (Å²) in [6.07, 6.45) is 3.52. The zero-order valence-electron chi connectivity index (χ0n) is 12.1. The molecule has 0 amide bonds. The van der Waals surface area contributed by atoms with Crippen molar-refractivity contribution < 1.29 is 4.79 Å². The van der Waals surface area contributed by atoms with Crippen molar-refractivity contribution in [2.75, 3.05) is 19.0 Å². The van der Waals surface area contributed by atoms with E-state index in [2.05, 4.69) is 0 Å². The van der Waals surface area contributed by atoms with Gasteiger partial charge in [0, 0.05) is 25.3 Å².